The summed E-state index contributed by atoms with van der Waals surface area (Å²) in [7, 11) is 0. The van der Waals surface area contributed by atoms with Crippen LogP contribution < -0.4 is 0 Å². The Morgan fingerprint density at radius 3 is 0.0488 bits per heavy atom. The summed E-state index contributed by atoms with van der Waals surface area (Å²) >= 11 is 0. The summed E-state index contributed by atoms with van der Waals surface area (Å²) in [6.07, 6.45) is 0. The van der Waals surface area contributed by atoms with Gasteiger partial charge >= 0.3 is 830 Å². The largest absolute Gasteiger partial charge is 0.316 e. The van der Waals surface area contributed by atoms with E-state index in [0.29, 0.717) is 0 Å². The van der Waals surface area contributed by atoms with E-state index in [-0.39, 0.29) is 892 Å². The van der Waals surface area contributed by atoms with Crippen LogP contribution in [0.1, 0.15) is 0 Å². The summed E-state index contributed by atoms with van der Waals surface area (Å²) in [6, 6.07) is 0. The van der Waals surface area contributed by atoms with Crippen LogP contribution in [0.25, 0.3) is 0 Å². The fourth-order valence-corrected chi connectivity index (χ4v) is 0. The molecule has 0 atom stereocenters. The van der Waals surface area contributed by atoms with E-state index >= 15 is 0 Å². The third kappa shape index (κ3) is 368. The fourth-order valence-electron chi connectivity index (χ4n) is 0. The maximum atomic E-state index is 0. The third-order valence-electron chi connectivity index (χ3n) is 0. The minimum Gasteiger partial charge on any atom is -0.147 e. The predicted molar refractivity (Wildman–Crippen MR) is 344 cm³/mol. The van der Waals surface area contributed by atoms with Gasteiger partial charge in [-0.25, -0.2) is 0 Å². The lowest BCUT2D eigenvalue weighted by atomic mass is 24.3. The van der Waals surface area contributed by atoms with Crippen molar-refractivity contribution in [2.45, 2.75) is 0 Å². The van der Waals surface area contributed by atoms with Gasteiger partial charge in [0.1, 0.15) is 0 Å². The fraction of sp³-hybridized carbons (Fsp3) is 0. The van der Waals surface area contributed by atoms with Crippen molar-refractivity contribution < 1.29 is 0 Å². The Morgan fingerprint density at radius 2 is 0.0488 bits per heavy atom. The van der Waals surface area contributed by atoms with Crippen LogP contribution in [0.5, 0.6) is 0 Å². The van der Waals surface area contributed by atoms with Gasteiger partial charge in [-0.1, -0.05) is 0 Å². The zero-order valence-corrected chi connectivity index (χ0v) is 6.12. The highest BCUT2D eigenvalue weighted by Gasteiger charge is 0.352. The maximum absolute atomic E-state index is 0. The second-order valence-electron chi connectivity index (χ2n) is 0. The normalized spacial score (nSPS) is 0. The Balaban J connectivity index is 0. The molecule has 0 saturated heterocycles. The zero-order chi connectivity index (χ0) is 0. The van der Waals surface area contributed by atoms with E-state index in [1.807, 2.05) is 0 Å². The van der Waals surface area contributed by atoms with Gasteiger partial charge in [0.2, 0.25) is 0 Å². The van der Waals surface area contributed by atoms with E-state index < -0.39 is 0 Å². The molecule has 0 bridgehead atoms. The van der Waals surface area contributed by atoms with Gasteiger partial charge in [0.25, 0.3) is 0 Å². The number of hydrogen-bond donors (Lipinski definition) is 0. The summed E-state index contributed by atoms with van der Waals surface area (Å²) in [5.74, 6) is 0. The molecule has 0 heterocycles. The molecule has 0 amide bonds. The molecule has 0 aliphatic carbocycles. The zero-order valence-electron chi connectivity index (χ0n) is 2.04. The van der Waals surface area contributed by atoms with Gasteiger partial charge in [0, 0.05) is 0 Å². The van der Waals surface area contributed by atoms with Gasteiger partial charge in [-0.15, -0.1) is 62.0 Å². The lowest BCUT2D eigenvalue weighted by Crippen LogP contribution is -0.382. The van der Waals surface area contributed by atoms with Crippen LogP contribution in [-0.2, 0) is 0 Å². The molecule has 0 aliphatic rings. The second kappa shape index (κ2) is 379. The Kier molecular flexibility index (Phi) is 3660. The van der Waals surface area contributed by atoms with Crippen molar-refractivity contribution >= 4 is 892 Å². The molecule has 0 fully saturated rings. The van der Waals surface area contributed by atoms with Crippen LogP contribution >= 0.6 is 62.0 Å². The van der Waals surface area contributed by atoms with Crippen molar-refractivity contribution in [2.75, 3.05) is 0 Å². The van der Waals surface area contributed by atoms with Gasteiger partial charge in [-0.05, 0) is 0 Å². The molecule has 0 aromatic heterocycles. The number of halogens is 5. The first-order chi connectivity index (χ1) is 0. The summed E-state index contributed by atoms with van der Waals surface area (Å²) in [4.78, 5) is 0. The molecule has 0 aliphatic heterocycles. The van der Waals surface area contributed by atoms with Crippen molar-refractivity contribution in [2.24, 2.45) is 0 Å². The number of hydrogen-bond acceptors (Lipinski definition) is 0. The molecule has 41 heteroatoms. The van der Waals surface area contributed by atoms with Crippen molar-refractivity contribution in [3.63, 3.8) is 0 Å². The van der Waals surface area contributed by atoms with Crippen LogP contribution in [0.4, 0.5) is 0 Å². The molecule has 0 nitrogen and oxygen atoms in total. The van der Waals surface area contributed by atoms with E-state index in [4.69, 9.17) is 0 Å². The van der Waals surface area contributed by atoms with E-state index in [9.17, 15) is 0 Å². The lowest BCUT2D eigenvalue weighted by Gasteiger charge is -0.148. The van der Waals surface area contributed by atoms with E-state index in [1.54, 1.807) is 0 Å². The third-order valence-corrected chi connectivity index (χ3v) is 0. The Labute approximate surface area is 864 Å². The molecule has 0 radical (unpaired) electrons. The topological polar surface area (TPSA) is 0 Å². The summed E-state index contributed by atoms with van der Waals surface area (Å²) < 4.78 is 0. The molecule has 0 rings (SSSR count). The first-order valence-corrected chi connectivity index (χ1v) is 0. The smallest absolute Gasteiger partial charge is 0.147 e. The van der Waals surface area contributed by atoms with Gasteiger partial charge < -0.3 is 0 Å². The lowest BCUT2D eigenvalue weighted by molar-refractivity contribution is 5.75. The van der Waals surface area contributed by atoms with E-state index in [1.165, 1.54) is 0 Å². The van der Waals surface area contributed by atoms with E-state index in [0.717, 1.165) is 0 Å². The van der Waals surface area contributed by atoms with Crippen LogP contribution in [0.3, 0.4) is 0 Å². The first-order valence-electron chi connectivity index (χ1n) is 0. The van der Waals surface area contributed by atoms with Gasteiger partial charge in [-0.2, -0.15) is 0 Å². The summed E-state index contributed by atoms with van der Waals surface area (Å²) in [5, 5.41) is 0. The van der Waals surface area contributed by atoms with Crippen molar-refractivity contribution in [3.05, 3.63) is 0 Å². The Morgan fingerprint density at radius 1 is 0.0488 bits per heavy atom. The predicted octanol–water partition coefficient (Wildman–Crippen LogP) is -30.9. The van der Waals surface area contributed by atoms with Crippen molar-refractivity contribution in [1.29, 1.82) is 0 Å². The average molecular weight is 1130 g/mol. The molecule has 0 saturated carbocycles. The first kappa shape index (κ1) is 396. The SMILES string of the molecule is Cl.Cl.Cl.Cl.Cl.[MgH2].[MgH2].[MgH2].[MgH2].[MgH2].[MgH2].[MgH2].[MgH2].[MgH2].[MgH2].[MgH2].[MgH2].[MgH2].[MgH2].[MgH2].[MgH2].[MgH2].[MgH2].[MgH2].[MgH2].[MgH2].[MgH2].[MgH2].[MgH2].[MgH2].[MgH2].[MgH2].[MgH2].[MgH2].[MgH2].[MgH2].[MgH2].[MgH2].[MgH2].[MgH2].[MgH2]. The minimum absolute atomic E-state index is 0. The average Bonchev–Trinajstić information content (AvgIpc) is 0. The molecular formula is H77Cl5Mg36. The molecule has 184 valence electrons. The maximum Gasteiger partial charge on any atom is 0.316 e. The highest BCUT2D eigenvalue weighted by atomic mass is 35.5. The van der Waals surface area contributed by atoms with E-state index in [2.05, 4.69) is 0 Å². The van der Waals surface area contributed by atoms with Crippen LogP contribution in [-0.4, -0.2) is 830 Å². The van der Waals surface area contributed by atoms with Gasteiger partial charge in [0.15, 0.2) is 0 Å². The van der Waals surface area contributed by atoms with Crippen molar-refractivity contribution in [3.8, 4) is 0 Å². The van der Waals surface area contributed by atoms with Gasteiger partial charge in [-0.3, -0.25) is 0 Å². The minimum atomic E-state index is 0. The Hall–Kier alpha value is 29.0. The highest BCUT2D eigenvalue weighted by molar-refractivity contribution is 5.86. The molecule has 0 spiro atoms. The summed E-state index contributed by atoms with van der Waals surface area (Å²) in [6.45, 7) is 0. The van der Waals surface area contributed by atoms with Crippen LogP contribution in [0.2, 0.25) is 0 Å². The molecule has 0 N–H and O–H groups in total. The Bertz CT molecular complexity index is 21.9. The molecule has 0 aromatic rings. The molecule has 41 heavy (non-hydrogen) atoms. The van der Waals surface area contributed by atoms with Crippen LogP contribution in [0.15, 0.2) is 0 Å². The number of rotatable bonds is 0. The van der Waals surface area contributed by atoms with Crippen molar-refractivity contribution in [1.82, 2.24) is 0 Å². The highest BCUT2D eigenvalue weighted by Crippen LogP contribution is 0.694. The standard InChI is InChI=1S/5ClH.36Mg.72H/h5*1H;;;;;;;;;;;;;;;;;;;;;;;;;;;;;;;;;;;;;;;;;;;;;;;;;;;;;;;;;;;;;;;;;;;;;;;;;;;;;;;;;;;;;;;;;;;;;;;;;;;;;;;;;;;;. The van der Waals surface area contributed by atoms with Gasteiger partial charge in [0.05, 0.1) is 0 Å². The monoisotopic (exact) mass is 1120 g/mol. The quantitative estimate of drug-likeness (QED) is 0.212. The molecular weight excluding hydrogens is 1050 g/mol. The van der Waals surface area contributed by atoms with Crippen LogP contribution in [0, 0.1) is 0 Å². The second-order valence-corrected chi connectivity index (χ2v) is 0. The molecule has 0 aromatic carbocycles. The summed E-state index contributed by atoms with van der Waals surface area (Å²) in [5.41, 5.74) is 0. The molecule has 0 unspecified atom stereocenters.